The lowest BCUT2D eigenvalue weighted by Gasteiger charge is -2.10. The van der Waals surface area contributed by atoms with E-state index in [0.29, 0.717) is 22.3 Å². The Kier molecular flexibility index (Phi) is 4.71. The van der Waals surface area contributed by atoms with E-state index >= 15 is 0 Å². The predicted molar refractivity (Wildman–Crippen MR) is 83.4 cm³/mol. The minimum absolute atomic E-state index is 0.552. The van der Waals surface area contributed by atoms with Gasteiger partial charge in [0, 0.05) is 28.0 Å². The maximum atomic E-state index is 10.8. The van der Waals surface area contributed by atoms with E-state index in [4.69, 9.17) is 28.9 Å². The smallest absolute Gasteiger partial charge is 0.316 e. The topological polar surface area (TPSA) is 67.2 Å². The number of anilines is 2. The zero-order valence-electron chi connectivity index (χ0n) is 10.5. The van der Waals surface area contributed by atoms with Gasteiger partial charge in [-0.15, -0.1) is 0 Å². The number of rotatable bonds is 4. The molecule has 0 aliphatic carbocycles. The number of hydrogen-bond acceptors (Lipinski definition) is 2. The third-order valence-corrected chi connectivity index (χ3v) is 3.22. The van der Waals surface area contributed by atoms with E-state index < -0.39 is 6.03 Å². The molecule has 6 heteroatoms. The van der Waals surface area contributed by atoms with Crippen molar-refractivity contribution in [1.29, 1.82) is 0 Å². The Morgan fingerprint density at radius 1 is 1.10 bits per heavy atom. The Labute approximate surface area is 126 Å². The quantitative estimate of drug-likeness (QED) is 0.796. The molecular weight excluding hydrogens is 297 g/mol. The lowest BCUT2D eigenvalue weighted by molar-refractivity contribution is 0.259. The van der Waals surface area contributed by atoms with Crippen molar-refractivity contribution in [2.75, 3.05) is 10.6 Å². The van der Waals surface area contributed by atoms with Crippen LogP contribution in [0.25, 0.3) is 0 Å². The highest BCUT2D eigenvalue weighted by Crippen LogP contribution is 2.22. The molecule has 4 N–H and O–H groups in total. The summed E-state index contributed by atoms with van der Waals surface area (Å²) in [5, 5.41) is 6.94. The second-order valence-corrected chi connectivity index (χ2v) is 5.00. The molecule has 0 heterocycles. The molecule has 20 heavy (non-hydrogen) atoms. The van der Waals surface area contributed by atoms with Gasteiger partial charge in [0.05, 0.1) is 0 Å². The molecule has 4 nitrogen and oxygen atoms in total. The van der Waals surface area contributed by atoms with Crippen molar-refractivity contribution < 1.29 is 4.79 Å². The highest BCUT2D eigenvalue weighted by Gasteiger charge is 2.02. The Balaban J connectivity index is 2.05. The first-order valence-electron chi connectivity index (χ1n) is 5.89. The zero-order valence-corrected chi connectivity index (χ0v) is 12.0. The molecule has 0 unspecified atom stereocenters. The molecule has 0 aliphatic heterocycles. The summed E-state index contributed by atoms with van der Waals surface area (Å²) in [5.74, 6) is 0. The van der Waals surface area contributed by atoms with E-state index in [0.717, 1.165) is 11.3 Å². The van der Waals surface area contributed by atoms with Crippen LogP contribution in [-0.2, 0) is 6.54 Å². The van der Waals surface area contributed by atoms with Gasteiger partial charge >= 0.3 is 6.03 Å². The molecule has 0 atom stereocenters. The fourth-order valence-electron chi connectivity index (χ4n) is 1.71. The maximum Gasteiger partial charge on any atom is 0.316 e. The third-order valence-electron chi connectivity index (χ3n) is 2.63. The van der Waals surface area contributed by atoms with Crippen LogP contribution in [0.4, 0.5) is 16.2 Å². The van der Waals surface area contributed by atoms with Gasteiger partial charge < -0.3 is 16.4 Å². The van der Waals surface area contributed by atoms with Crippen molar-refractivity contribution in [1.82, 2.24) is 0 Å². The standard InChI is InChI=1S/C14H13Cl2N3O/c15-10-5-4-9(13(16)6-10)8-18-11-2-1-3-12(7-11)19-14(17)20/h1-7,18H,8H2,(H3,17,19,20). The van der Waals surface area contributed by atoms with E-state index in [1.165, 1.54) is 0 Å². The number of hydrogen-bond donors (Lipinski definition) is 3. The number of amides is 2. The first kappa shape index (κ1) is 14.5. The molecule has 0 saturated heterocycles. The van der Waals surface area contributed by atoms with Crippen LogP contribution >= 0.6 is 23.2 Å². The molecule has 2 amide bonds. The second-order valence-electron chi connectivity index (χ2n) is 4.16. The number of benzene rings is 2. The Hall–Kier alpha value is -1.91. The average Bonchev–Trinajstić information content (AvgIpc) is 2.37. The number of halogens is 2. The van der Waals surface area contributed by atoms with Crippen molar-refractivity contribution >= 4 is 40.6 Å². The summed E-state index contributed by atoms with van der Waals surface area (Å²) < 4.78 is 0. The number of nitrogens with two attached hydrogens (primary N) is 1. The van der Waals surface area contributed by atoms with Gasteiger partial charge in [0.15, 0.2) is 0 Å². The van der Waals surface area contributed by atoms with Crippen molar-refractivity contribution in [2.24, 2.45) is 5.73 Å². The van der Waals surface area contributed by atoms with E-state index in [-0.39, 0.29) is 0 Å². The minimum Gasteiger partial charge on any atom is -0.381 e. The normalized spacial score (nSPS) is 10.1. The summed E-state index contributed by atoms with van der Waals surface area (Å²) in [6.07, 6.45) is 0. The van der Waals surface area contributed by atoms with Gasteiger partial charge in [-0.3, -0.25) is 0 Å². The van der Waals surface area contributed by atoms with Gasteiger partial charge in [-0.25, -0.2) is 4.79 Å². The molecule has 2 aromatic carbocycles. The Bertz CT molecular complexity index is 632. The molecule has 2 aromatic rings. The lowest BCUT2D eigenvalue weighted by atomic mass is 10.2. The van der Waals surface area contributed by atoms with Crippen molar-refractivity contribution in [3.05, 3.63) is 58.1 Å². The fraction of sp³-hybridized carbons (Fsp3) is 0.0714. The number of nitrogens with one attached hydrogen (secondary N) is 2. The average molecular weight is 310 g/mol. The minimum atomic E-state index is -0.595. The monoisotopic (exact) mass is 309 g/mol. The number of urea groups is 1. The van der Waals surface area contributed by atoms with E-state index in [9.17, 15) is 4.79 Å². The fourth-order valence-corrected chi connectivity index (χ4v) is 2.19. The van der Waals surface area contributed by atoms with E-state index in [1.54, 1.807) is 24.3 Å². The largest absolute Gasteiger partial charge is 0.381 e. The van der Waals surface area contributed by atoms with Gasteiger partial charge in [-0.2, -0.15) is 0 Å². The maximum absolute atomic E-state index is 10.8. The highest BCUT2D eigenvalue weighted by molar-refractivity contribution is 6.35. The highest BCUT2D eigenvalue weighted by atomic mass is 35.5. The van der Waals surface area contributed by atoms with Gasteiger partial charge in [0.1, 0.15) is 0 Å². The third kappa shape index (κ3) is 4.05. The Morgan fingerprint density at radius 2 is 1.85 bits per heavy atom. The van der Waals surface area contributed by atoms with Gasteiger partial charge in [-0.05, 0) is 35.9 Å². The molecular formula is C14H13Cl2N3O. The molecule has 0 spiro atoms. The van der Waals surface area contributed by atoms with Gasteiger partial charge in [0.25, 0.3) is 0 Å². The molecule has 2 rings (SSSR count). The SMILES string of the molecule is NC(=O)Nc1cccc(NCc2ccc(Cl)cc2Cl)c1. The van der Waals surface area contributed by atoms with E-state index in [2.05, 4.69) is 10.6 Å². The molecule has 0 saturated carbocycles. The van der Waals surface area contributed by atoms with Crippen LogP contribution in [-0.4, -0.2) is 6.03 Å². The number of carbonyl (C=O) groups excluding carboxylic acids is 1. The summed E-state index contributed by atoms with van der Waals surface area (Å²) in [7, 11) is 0. The summed E-state index contributed by atoms with van der Waals surface area (Å²) in [6, 6.07) is 12.0. The van der Waals surface area contributed by atoms with Crippen molar-refractivity contribution in [2.45, 2.75) is 6.54 Å². The lowest BCUT2D eigenvalue weighted by Crippen LogP contribution is -2.19. The molecule has 0 fully saturated rings. The number of primary amides is 1. The van der Waals surface area contributed by atoms with Crippen molar-refractivity contribution in [3.8, 4) is 0 Å². The first-order valence-corrected chi connectivity index (χ1v) is 6.64. The predicted octanol–water partition coefficient (Wildman–Crippen LogP) is 4.10. The summed E-state index contributed by atoms with van der Waals surface area (Å²) in [6.45, 7) is 0.552. The first-order chi connectivity index (χ1) is 9.54. The van der Waals surface area contributed by atoms with Crippen molar-refractivity contribution in [3.63, 3.8) is 0 Å². The second kappa shape index (κ2) is 6.50. The van der Waals surface area contributed by atoms with Crippen LogP contribution in [0.1, 0.15) is 5.56 Å². The molecule has 104 valence electrons. The van der Waals surface area contributed by atoms with E-state index in [1.807, 2.05) is 18.2 Å². The van der Waals surface area contributed by atoms with Gasteiger partial charge in [0.2, 0.25) is 0 Å². The summed E-state index contributed by atoms with van der Waals surface area (Å²) in [5.41, 5.74) is 7.49. The van der Waals surface area contributed by atoms with Crippen LogP contribution < -0.4 is 16.4 Å². The Morgan fingerprint density at radius 3 is 2.55 bits per heavy atom. The van der Waals surface area contributed by atoms with Gasteiger partial charge in [-0.1, -0.05) is 35.3 Å². The molecule has 0 aliphatic rings. The van der Waals surface area contributed by atoms with Crippen LogP contribution in [0.5, 0.6) is 0 Å². The summed E-state index contributed by atoms with van der Waals surface area (Å²) >= 11 is 11.9. The zero-order chi connectivity index (χ0) is 14.5. The molecule has 0 aromatic heterocycles. The van der Waals surface area contributed by atoms with Crippen LogP contribution in [0.2, 0.25) is 10.0 Å². The van der Waals surface area contributed by atoms with Crippen LogP contribution in [0.15, 0.2) is 42.5 Å². The summed E-state index contributed by atoms with van der Waals surface area (Å²) in [4.78, 5) is 10.8. The molecule has 0 radical (unpaired) electrons. The van der Waals surface area contributed by atoms with Crippen LogP contribution in [0, 0.1) is 0 Å². The number of carbonyl (C=O) groups is 1. The van der Waals surface area contributed by atoms with Crippen LogP contribution in [0.3, 0.4) is 0 Å². The molecule has 0 bridgehead atoms.